The lowest BCUT2D eigenvalue weighted by atomic mass is 10.3. The first kappa shape index (κ1) is 10.1. The molecule has 7 heteroatoms. The van der Waals surface area contributed by atoms with Gasteiger partial charge in [0.1, 0.15) is 4.90 Å². The maximum Gasteiger partial charge on any atom is 0.192 e. The Balaban J connectivity index is 3.56. The van der Waals surface area contributed by atoms with Crippen molar-refractivity contribution in [3.05, 3.63) is 29.3 Å². The van der Waals surface area contributed by atoms with Crippen LogP contribution in [0.2, 0.25) is 0 Å². The van der Waals surface area contributed by atoms with Crippen LogP contribution < -0.4 is 0 Å². The van der Waals surface area contributed by atoms with Gasteiger partial charge in [-0.1, -0.05) is 0 Å². The second-order valence-corrected chi connectivity index (χ2v) is 2.95. The largest absolute Gasteiger partial charge is 0.302 e. The van der Waals surface area contributed by atoms with E-state index < -0.39 is 39.2 Å². The predicted molar refractivity (Wildman–Crippen MR) is 35.3 cm³/mol. The summed E-state index contributed by atoms with van der Waals surface area (Å²) in [6, 6.07) is -0.0406. The molecule has 0 bridgehead atoms. The lowest BCUT2D eigenvalue weighted by Crippen LogP contribution is -2.03. The quantitative estimate of drug-likeness (QED) is 0.440. The molecule has 0 saturated heterocycles. The molecule has 0 fully saturated rings. The van der Waals surface area contributed by atoms with Gasteiger partial charge in [0.25, 0.3) is 0 Å². The van der Waals surface area contributed by atoms with Crippen molar-refractivity contribution in [3.8, 4) is 0 Å². The van der Waals surface area contributed by atoms with Gasteiger partial charge in [-0.15, -0.1) is 0 Å². The molecule has 13 heavy (non-hydrogen) atoms. The highest BCUT2D eigenvalue weighted by Crippen LogP contribution is 2.21. The maximum absolute atomic E-state index is 12.6. The highest BCUT2D eigenvalue weighted by molar-refractivity contribution is 7.79. The molecule has 1 atom stereocenters. The Bertz CT molecular complexity index is 353. The Hall–Kier alpha value is -0.950. The van der Waals surface area contributed by atoms with Crippen LogP contribution in [0.4, 0.5) is 17.6 Å². The van der Waals surface area contributed by atoms with Gasteiger partial charge in [-0.3, -0.25) is 0 Å². The Labute approximate surface area is 72.5 Å². The van der Waals surface area contributed by atoms with Gasteiger partial charge in [-0.25, -0.2) is 21.8 Å². The minimum Gasteiger partial charge on any atom is -0.302 e. The third kappa shape index (κ3) is 1.70. The minimum absolute atomic E-state index is 0.0406. The van der Waals surface area contributed by atoms with Crippen LogP contribution >= 0.6 is 0 Å². The van der Waals surface area contributed by atoms with Gasteiger partial charge in [0.05, 0.1) is 0 Å². The van der Waals surface area contributed by atoms with Crippen molar-refractivity contribution in [2.45, 2.75) is 4.90 Å². The first-order chi connectivity index (χ1) is 5.95. The van der Waals surface area contributed by atoms with Gasteiger partial charge in [0.2, 0.25) is 0 Å². The van der Waals surface area contributed by atoms with Crippen molar-refractivity contribution >= 4 is 11.1 Å². The smallest absolute Gasteiger partial charge is 0.192 e. The van der Waals surface area contributed by atoms with Gasteiger partial charge >= 0.3 is 0 Å². The molecule has 0 radical (unpaired) electrons. The second-order valence-electron chi connectivity index (χ2n) is 2.05. The molecule has 0 aliphatic rings. The molecule has 1 aromatic rings. The molecule has 2 nitrogen and oxygen atoms in total. The molecule has 0 aliphatic heterocycles. The van der Waals surface area contributed by atoms with Crippen molar-refractivity contribution in [1.29, 1.82) is 0 Å². The third-order valence-electron chi connectivity index (χ3n) is 1.25. The number of hydrogen-bond acceptors (Lipinski definition) is 1. The SMILES string of the molecule is O=S(O)c1c(F)c(F)cc(F)c1F. The molecule has 0 saturated carbocycles. The van der Waals surface area contributed by atoms with Crippen molar-refractivity contribution in [3.63, 3.8) is 0 Å². The Morgan fingerprint density at radius 2 is 1.46 bits per heavy atom. The van der Waals surface area contributed by atoms with Gasteiger partial charge in [0.15, 0.2) is 34.3 Å². The summed E-state index contributed by atoms with van der Waals surface area (Å²) >= 11 is -3.10. The summed E-state index contributed by atoms with van der Waals surface area (Å²) < 4.78 is 68.4. The topological polar surface area (TPSA) is 37.3 Å². The number of benzene rings is 1. The summed E-state index contributed by atoms with van der Waals surface area (Å²) in [4.78, 5) is -1.52. The zero-order valence-corrected chi connectivity index (χ0v) is 6.67. The molecular formula is C6H2F4O2S. The summed E-state index contributed by atoms with van der Waals surface area (Å²) in [5.74, 6) is -7.15. The average Bonchev–Trinajstić information content (AvgIpc) is 2.01. The monoisotopic (exact) mass is 214 g/mol. The van der Waals surface area contributed by atoms with Crippen LogP contribution in [-0.4, -0.2) is 8.76 Å². The summed E-state index contributed by atoms with van der Waals surface area (Å²) in [6.45, 7) is 0. The Morgan fingerprint density at radius 1 is 1.08 bits per heavy atom. The van der Waals surface area contributed by atoms with Crippen LogP contribution in [0.15, 0.2) is 11.0 Å². The van der Waals surface area contributed by atoms with Crippen LogP contribution in [0.3, 0.4) is 0 Å². The molecule has 1 unspecified atom stereocenters. The van der Waals surface area contributed by atoms with E-state index in [-0.39, 0.29) is 6.07 Å². The summed E-state index contributed by atoms with van der Waals surface area (Å²) in [5, 5.41) is 0. The zero-order valence-electron chi connectivity index (χ0n) is 5.85. The molecule has 1 rings (SSSR count). The predicted octanol–water partition coefficient (Wildman–Crippen LogP) is 1.82. The lowest BCUT2D eigenvalue weighted by molar-refractivity contribution is 0.417. The van der Waals surface area contributed by atoms with Crippen LogP contribution in [-0.2, 0) is 11.1 Å². The highest BCUT2D eigenvalue weighted by atomic mass is 32.2. The summed E-state index contributed by atoms with van der Waals surface area (Å²) in [5.41, 5.74) is 0. The van der Waals surface area contributed by atoms with E-state index in [0.717, 1.165) is 0 Å². The van der Waals surface area contributed by atoms with E-state index in [2.05, 4.69) is 0 Å². The van der Waals surface area contributed by atoms with E-state index in [0.29, 0.717) is 0 Å². The van der Waals surface area contributed by atoms with Crippen LogP contribution in [0.5, 0.6) is 0 Å². The average molecular weight is 214 g/mol. The molecule has 0 spiro atoms. The number of hydrogen-bond donors (Lipinski definition) is 1. The fraction of sp³-hybridized carbons (Fsp3) is 0. The molecule has 0 amide bonds. The van der Waals surface area contributed by atoms with Crippen LogP contribution in [0, 0.1) is 23.3 Å². The van der Waals surface area contributed by atoms with Crippen molar-refractivity contribution in [1.82, 2.24) is 0 Å². The first-order valence-corrected chi connectivity index (χ1v) is 3.99. The van der Waals surface area contributed by atoms with E-state index in [4.69, 9.17) is 4.55 Å². The second kappa shape index (κ2) is 3.43. The molecule has 0 aromatic heterocycles. The van der Waals surface area contributed by atoms with Gasteiger partial charge in [-0.2, -0.15) is 0 Å². The normalized spacial score (nSPS) is 13.0. The summed E-state index contributed by atoms with van der Waals surface area (Å²) in [6.07, 6.45) is 0. The Kier molecular flexibility index (Phi) is 2.67. The minimum atomic E-state index is -3.10. The third-order valence-corrected chi connectivity index (χ3v) is 1.95. The van der Waals surface area contributed by atoms with E-state index in [9.17, 15) is 21.8 Å². The molecule has 1 N–H and O–H groups in total. The van der Waals surface area contributed by atoms with E-state index in [1.165, 1.54) is 0 Å². The Morgan fingerprint density at radius 3 is 1.77 bits per heavy atom. The van der Waals surface area contributed by atoms with Crippen LogP contribution in [0.1, 0.15) is 0 Å². The molecule has 72 valence electrons. The highest BCUT2D eigenvalue weighted by Gasteiger charge is 2.22. The zero-order chi connectivity index (χ0) is 10.2. The lowest BCUT2D eigenvalue weighted by Gasteiger charge is -2.01. The molecule has 0 aliphatic carbocycles. The maximum atomic E-state index is 12.6. The molecular weight excluding hydrogens is 212 g/mol. The van der Waals surface area contributed by atoms with Gasteiger partial charge in [0, 0.05) is 6.07 Å². The number of rotatable bonds is 1. The van der Waals surface area contributed by atoms with Gasteiger partial charge < -0.3 is 4.55 Å². The standard InChI is InChI=1S/C6H2F4O2S/c7-2-1-3(8)5(10)6(4(2)9)13(11)12/h1H,(H,11,12). The fourth-order valence-corrected chi connectivity index (χ4v) is 1.21. The number of halogens is 4. The van der Waals surface area contributed by atoms with Crippen LogP contribution in [0.25, 0.3) is 0 Å². The summed E-state index contributed by atoms with van der Waals surface area (Å²) in [7, 11) is 0. The van der Waals surface area contributed by atoms with Crippen molar-refractivity contribution in [2.75, 3.05) is 0 Å². The fourth-order valence-electron chi connectivity index (χ4n) is 0.705. The van der Waals surface area contributed by atoms with E-state index in [1.54, 1.807) is 0 Å². The van der Waals surface area contributed by atoms with E-state index in [1.807, 2.05) is 0 Å². The van der Waals surface area contributed by atoms with Crippen molar-refractivity contribution in [2.24, 2.45) is 0 Å². The molecule has 1 aromatic carbocycles. The van der Waals surface area contributed by atoms with Crippen molar-refractivity contribution < 1.29 is 26.3 Å². The first-order valence-electron chi connectivity index (χ1n) is 2.89. The molecule has 0 heterocycles. The van der Waals surface area contributed by atoms with Gasteiger partial charge in [-0.05, 0) is 0 Å². The van der Waals surface area contributed by atoms with E-state index >= 15 is 0 Å².